The lowest BCUT2D eigenvalue weighted by atomic mass is 10.2. The maximum absolute atomic E-state index is 12.4. The van der Waals surface area contributed by atoms with Gasteiger partial charge in [-0.05, 0) is 24.6 Å². The van der Waals surface area contributed by atoms with Crippen molar-refractivity contribution in [2.45, 2.75) is 18.8 Å². The maximum Gasteiger partial charge on any atom is 0.573 e. The molecule has 22 heavy (non-hydrogen) atoms. The Bertz CT molecular complexity index is 800. The Morgan fingerprint density at radius 2 is 2.09 bits per heavy atom. The fraction of sp³-hybridized carbons (Fsp3) is 0.308. The molecule has 9 heteroatoms. The Balaban J connectivity index is 2.08. The van der Waals surface area contributed by atoms with Crippen LogP contribution in [0.2, 0.25) is 0 Å². The van der Waals surface area contributed by atoms with E-state index in [1.54, 1.807) is 0 Å². The minimum absolute atomic E-state index is 0.0380. The molecule has 0 spiro atoms. The molecule has 0 saturated carbocycles. The number of nitrogens with one attached hydrogen (secondary N) is 1. The average molecular weight is 313 g/mol. The highest BCUT2D eigenvalue weighted by Crippen LogP contribution is 2.25. The minimum Gasteiger partial charge on any atom is -0.406 e. The van der Waals surface area contributed by atoms with Crippen LogP contribution in [0.5, 0.6) is 5.75 Å². The van der Waals surface area contributed by atoms with Crippen molar-refractivity contribution in [2.75, 3.05) is 6.54 Å². The van der Waals surface area contributed by atoms with Gasteiger partial charge in [0.25, 0.3) is 5.56 Å². The van der Waals surface area contributed by atoms with E-state index in [0.29, 0.717) is 13.0 Å². The van der Waals surface area contributed by atoms with Crippen molar-refractivity contribution in [1.82, 2.24) is 14.9 Å². The number of benzene rings is 1. The zero-order valence-corrected chi connectivity index (χ0v) is 11.1. The number of nitrogens with zero attached hydrogens (tertiary/aromatic N) is 2. The minimum atomic E-state index is -4.85. The Morgan fingerprint density at radius 1 is 1.32 bits per heavy atom. The number of amides is 1. The molecule has 1 aromatic carbocycles. The molecule has 2 aromatic rings. The molecular formula is C13H10F3N3O3. The van der Waals surface area contributed by atoms with E-state index in [1.165, 1.54) is 12.4 Å². The number of ether oxygens (including phenoxy) is 1. The summed E-state index contributed by atoms with van der Waals surface area (Å²) in [7, 11) is 0. The predicted molar refractivity (Wildman–Crippen MR) is 69.3 cm³/mol. The van der Waals surface area contributed by atoms with Gasteiger partial charge in [-0.2, -0.15) is 0 Å². The van der Waals surface area contributed by atoms with E-state index in [2.05, 4.69) is 15.0 Å². The Labute approximate surface area is 121 Å². The van der Waals surface area contributed by atoms with Gasteiger partial charge < -0.3 is 10.1 Å². The third kappa shape index (κ3) is 2.61. The highest BCUT2D eigenvalue weighted by Gasteiger charge is 2.31. The van der Waals surface area contributed by atoms with Crippen molar-refractivity contribution in [3.63, 3.8) is 0 Å². The third-order valence-electron chi connectivity index (χ3n) is 3.34. The van der Waals surface area contributed by atoms with Gasteiger partial charge in [-0.15, -0.1) is 13.2 Å². The quantitative estimate of drug-likeness (QED) is 0.908. The molecule has 116 valence electrons. The standard InChI is InChI=1S/C13H10F3N3O3/c14-13(15,16)22-7-1-2-9-8(5-7)12(21)19(6-18-9)10-3-4-17-11(10)20/h1-2,5-6,10H,3-4H2,(H,17,20)/t10-/m1/s1. The van der Waals surface area contributed by atoms with E-state index in [1.807, 2.05) is 0 Å². The number of alkyl halides is 3. The second-order valence-corrected chi connectivity index (χ2v) is 4.78. The van der Waals surface area contributed by atoms with E-state index in [4.69, 9.17) is 0 Å². The summed E-state index contributed by atoms with van der Waals surface area (Å²) in [4.78, 5) is 28.0. The molecule has 0 bridgehead atoms. The van der Waals surface area contributed by atoms with Crippen LogP contribution in [0, 0.1) is 0 Å². The van der Waals surface area contributed by atoms with Gasteiger partial charge in [0.2, 0.25) is 5.91 Å². The molecule has 0 unspecified atom stereocenters. The molecule has 1 amide bonds. The summed E-state index contributed by atoms with van der Waals surface area (Å²) in [6.07, 6.45) is -3.20. The summed E-state index contributed by atoms with van der Waals surface area (Å²) in [5, 5.41) is 2.55. The molecule has 1 saturated heterocycles. The number of hydrogen-bond donors (Lipinski definition) is 1. The molecule has 1 aliphatic rings. The fourth-order valence-corrected chi connectivity index (χ4v) is 2.38. The van der Waals surface area contributed by atoms with Crippen LogP contribution in [-0.2, 0) is 4.79 Å². The van der Waals surface area contributed by atoms with E-state index in [9.17, 15) is 22.8 Å². The van der Waals surface area contributed by atoms with Gasteiger partial charge in [0.05, 0.1) is 17.2 Å². The normalized spacial score (nSPS) is 18.5. The van der Waals surface area contributed by atoms with Crippen molar-refractivity contribution in [2.24, 2.45) is 0 Å². The van der Waals surface area contributed by atoms with Crippen LogP contribution in [-0.4, -0.2) is 28.4 Å². The smallest absolute Gasteiger partial charge is 0.406 e. The van der Waals surface area contributed by atoms with Gasteiger partial charge in [0.1, 0.15) is 11.8 Å². The predicted octanol–water partition coefficient (Wildman–Crippen LogP) is 1.36. The molecule has 6 nitrogen and oxygen atoms in total. The van der Waals surface area contributed by atoms with Crippen LogP contribution in [0.15, 0.2) is 29.3 Å². The molecular weight excluding hydrogens is 303 g/mol. The van der Waals surface area contributed by atoms with Crippen molar-refractivity contribution in [1.29, 1.82) is 0 Å². The van der Waals surface area contributed by atoms with E-state index >= 15 is 0 Å². The Kier molecular flexibility index (Phi) is 3.27. The zero-order valence-electron chi connectivity index (χ0n) is 11.1. The third-order valence-corrected chi connectivity index (χ3v) is 3.34. The molecule has 2 heterocycles. The van der Waals surface area contributed by atoms with E-state index in [0.717, 1.165) is 16.7 Å². The zero-order chi connectivity index (χ0) is 15.9. The van der Waals surface area contributed by atoms with Crippen molar-refractivity contribution < 1.29 is 22.7 Å². The fourth-order valence-electron chi connectivity index (χ4n) is 2.38. The van der Waals surface area contributed by atoms with Gasteiger partial charge in [-0.25, -0.2) is 4.98 Å². The topological polar surface area (TPSA) is 73.2 Å². The first kappa shape index (κ1) is 14.4. The van der Waals surface area contributed by atoms with Crippen LogP contribution in [0.3, 0.4) is 0 Å². The number of carbonyl (C=O) groups is 1. The largest absolute Gasteiger partial charge is 0.573 e. The Morgan fingerprint density at radius 3 is 2.73 bits per heavy atom. The van der Waals surface area contributed by atoms with Gasteiger partial charge >= 0.3 is 6.36 Å². The molecule has 1 aromatic heterocycles. The lowest BCUT2D eigenvalue weighted by Crippen LogP contribution is -2.30. The molecule has 0 aliphatic carbocycles. The SMILES string of the molecule is O=C1NCC[C@H]1n1cnc2ccc(OC(F)(F)F)cc2c1=O. The number of rotatable bonds is 2. The van der Waals surface area contributed by atoms with Crippen LogP contribution in [0.1, 0.15) is 12.5 Å². The first-order chi connectivity index (χ1) is 10.3. The van der Waals surface area contributed by atoms with E-state index < -0.39 is 23.7 Å². The molecule has 0 radical (unpaired) electrons. The monoisotopic (exact) mass is 313 g/mol. The van der Waals surface area contributed by atoms with Crippen LogP contribution in [0.4, 0.5) is 13.2 Å². The number of hydrogen-bond acceptors (Lipinski definition) is 4. The van der Waals surface area contributed by atoms with Crippen molar-refractivity contribution in [3.8, 4) is 5.75 Å². The molecule has 1 aliphatic heterocycles. The molecule has 1 atom stereocenters. The van der Waals surface area contributed by atoms with Gasteiger partial charge in [0.15, 0.2) is 0 Å². The highest BCUT2D eigenvalue weighted by molar-refractivity contribution is 5.83. The Hall–Kier alpha value is -2.58. The van der Waals surface area contributed by atoms with Crippen LogP contribution < -0.4 is 15.6 Å². The van der Waals surface area contributed by atoms with Crippen molar-refractivity contribution >= 4 is 16.8 Å². The molecule has 1 N–H and O–H groups in total. The van der Waals surface area contributed by atoms with Gasteiger partial charge in [-0.3, -0.25) is 14.2 Å². The highest BCUT2D eigenvalue weighted by atomic mass is 19.4. The molecule has 3 rings (SSSR count). The first-order valence-electron chi connectivity index (χ1n) is 6.39. The van der Waals surface area contributed by atoms with E-state index in [-0.39, 0.29) is 16.8 Å². The average Bonchev–Trinajstić information content (AvgIpc) is 2.84. The summed E-state index contributed by atoms with van der Waals surface area (Å²) in [6, 6.07) is 2.62. The van der Waals surface area contributed by atoms with Crippen molar-refractivity contribution in [3.05, 3.63) is 34.9 Å². The first-order valence-corrected chi connectivity index (χ1v) is 6.39. The number of aromatic nitrogens is 2. The number of carbonyl (C=O) groups excluding carboxylic acids is 1. The van der Waals surface area contributed by atoms with Gasteiger partial charge in [-0.1, -0.05) is 0 Å². The summed E-state index contributed by atoms with van der Waals surface area (Å²) >= 11 is 0. The lowest BCUT2D eigenvalue weighted by molar-refractivity contribution is -0.274. The summed E-state index contributed by atoms with van der Waals surface area (Å²) in [5.41, 5.74) is -0.353. The summed E-state index contributed by atoms with van der Waals surface area (Å²) < 4.78 is 41.7. The second-order valence-electron chi connectivity index (χ2n) is 4.78. The molecule has 1 fully saturated rings. The summed E-state index contributed by atoms with van der Waals surface area (Å²) in [6.45, 7) is 0.436. The maximum atomic E-state index is 12.4. The van der Waals surface area contributed by atoms with Crippen LogP contribution in [0.25, 0.3) is 10.9 Å². The van der Waals surface area contributed by atoms with Crippen LogP contribution >= 0.6 is 0 Å². The number of halogens is 3. The van der Waals surface area contributed by atoms with Gasteiger partial charge in [0, 0.05) is 6.54 Å². The number of fused-ring (bicyclic) bond motifs is 1. The lowest BCUT2D eigenvalue weighted by Gasteiger charge is -2.12. The summed E-state index contributed by atoms with van der Waals surface area (Å²) in [5.74, 6) is -0.821. The second kappa shape index (κ2) is 5.00.